The molecular weight excluding hydrogens is 319 g/mol. The van der Waals surface area contributed by atoms with Gasteiger partial charge in [-0.15, -0.1) is 0 Å². The van der Waals surface area contributed by atoms with Crippen LogP contribution in [-0.4, -0.2) is 35.6 Å². The van der Waals surface area contributed by atoms with E-state index in [1.165, 1.54) is 14.1 Å². The molecule has 1 aromatic rings. The number of halogens is 3. The minimum atomic E-state index is -4.80. The number of hydrogen-bond donors (Lipinski definition) is 0. The van der Waals surface area contributed by atoms with Gasteiger partial charge in [0.2, 0.25) is 10.0 Å². The van der Waals surface area contributed by atoms with Crippen molar-refractivity contribution in [2.75, 3.05) is 7.05 Å². The number of rotatable bonds is 3. The predicted molar refractivity (Wildman–Crippen MR) is 74.6 cm³/mol. The minimum absolute atomic E-state index is 0.256. The highest BCUT2D eigenvalue weighted by Gasteiger charge is 2.43. The molecule has 1 aliphatic rings. The Morgan fingerprint density at radius 1 is 1.23 bits per heavy atom. The highest BCUT2D eigenvalue weighted by Crippen LogP contribution is 2.35. The van der Waals surface area contributed by atoms with Crippen molar-refractivity contribution in [1.29, 1.82) is 0 Å². The molecule has 0 saturated heterocycles. The second kappa shape index (κ2) is 6.19. The van der Waals surface area contributed by atoms with Gasteiger partial charge in [-0.3, -0.25) is 4.68 Å². The lowest BCUT2D eigenvalue weighted by molar-refractivity contribution is -0.143. The molecule has 0 amide bonds. The van der Waals surface area contributed by atoms with Crippen molar-refractivity contribution in [3.8, 4) is 0 Å². The van der Waals surface area contributed by atoms with Crippen LogP contribution in [0.1, 0.15) is 44.2 Å². The Labute approximate surface area is 128 Å². The number of aromatic nitrogens is 2. The number of hydrogen-bond acceptors (Lipinski definition) is 3. The van der Waals surface area contributed by atoms with Gasteiger partial charge < -0.3 is 0 Å². The topological polar surface area (TPSA) is 55.2 Å². The van der Waals surface area contributed by atoms with E-state index in [2.05, 4.69) is 5.10 Å². The Morgan fingerprint density at radius 3 is 2.27 bits per heavy atom. The van der Waals surface area contributed by atoms with Gasteiger partial charge in [0.15, 0.2) is 5.69 Å². The Balaban J connectivity index is 2.37. The zero-order valence-electron chi connectivity index (χ0n) is 12.6. The van der Waals surface area contributed by atoms with E-state index in [4.69, 9.17) is 0 Å². The first kappa shape index (κ1) is 17.3. The number of nitrogens with zero attached hydrogens (tertiary/aromatic N) is 3. The average Bonchev–Trinajstić information content (AvgIpc) is 2.66. The van der Waals surface area contributed by atoms with Gasteiger partial charge in [0.1, 0.15) is 4.90 Å². The molecule has 9 heteroatoms. The van der Waals surface area contributed by atoms with Crippen molar-refractivity contribution >= 4 is 10.0 Å². The predicted octanol–water partition coefficient (Wildman–Crippen LogP) is 2.78. The van der Waals surface area contributed by atoms with Gasteiger partial charge in [0.25, 0.3) is 0 Å². The van der Waals surface area contributed by atoms with Crippen molar-refractivity contribution in [1.82, 2.24) is 14.1 Å². The van der Waals surface area contributed by atoms with Crippen LogP contribution in [0.5, 0.6) is 0 Å². The largest absolute Gasteiger partial charge is 0.436 e. The van der Waals surface area contributed by atoms with Crippen molar-refractivity contribution in [2.24, 2.45) is 7.05 Å². The summed E-state index contributed by atoms with van der Waals surface area (Å²) in [5.41, 5.74) is -1.35. The average molecular weight is 339 g/mol. The molecule has 1 aliphatic carbocycles. The molecule has 1 fully saturated rings. The van der Waals surface area contributed by atoms with Gasteiger partial charge in [-0.2, -0.15) is 22.6 Å². The highest BCUT2D eigenvalue weighted by molar-refractivity contribution is 7.89. The van der Waals surface area contributed by atoms with Gasteiger partial charge in [0.05, 0.1) is 0 Å². The summed E-state index contributed by atoms with van der Waals surface area (Å²) in [5, 5.41) is 3.28. The highest BCUT2D eigenvalue weighted by atomic mass is 32.2. The molecule has 22 heavy (non-hydrogen) atoms. The minimum Gasteiger partial charge on any atom is -0.274 e. The number of aryl methyl sites for hydroxylation is 1. The van der Waals surface area contributed by atoms with Crippen LogP contribution in [0.2, 0.25) is 0 Å². The monoisotopic (exact) mass is 339 g/mol. The SMILES string of the molecule is CN(C1CCCCCC1)S(=O)(=O)c1cn(C)nc1C(F)(F)F. The lowest BCUT2D eigenvalue weighted by Gasteiger charge is -2.26. The molecule has 126 valence electrons. The van der Waals surface area contributed by atoms with E-state index in [0.717, 1.165) is 40.9 Å². The van der Waals surface area contributed by atoms with Gasteiger partial charge >= 0.3 is 6.18 Å². The summed E-state index contributed by atoms with van der Waals surface area (Å²) < 4.78 is 66.2. The van der Waals surface area contributed by atoms with E-state index < -0.39 is 26.8 Å². The molecule has 0 atom stereocenters. The summed E-state index contributed by atoms with van der Waals surface area (Å²) in [6.45, 7) is 0. The fourth-order valence-electron chi connectivity index (χ4n) is 2.82. The molecule has 0 unspecified atom stereocenters. The van der Waals surface area contributed by atoms with Gasteiger partial charge in [-0.1, -0.05) is 25.7 Å². The standard InChI is InChI=1S/C13H20F3N3O2S/c1-18-9-11(12(17-18)13(14,15)16)22(20,21)19(2)10-7-5-3-4-6-8-10/h9-10H,3-8H2,1-2H3. The summed E-state index contributed by atoms with van der Waals surface area (Å²) in [7, 11) is -1.58. The molecule has 0 aromatic carbocycles. The van der Waals surface area contributed by atoms with Gasteiger partial charge in [-0.25, -0.2) is 8.42 Å². The van der Waals surface area contributed by atoms with Crippen molar-refractivity contribution < 1.29 is 21.6 Å². The Bertz CT molecular complexity index is 617. The summed E-state index contributed by atoms with van der Waals surface area (Å²) in [6, 6.07) is -0.256. The maximum Gasteiger partial charge on any atom is 0.436 e. The van der Waals surface area contributed by atoms with Crippen LogP contribution in [0.3, 0.4) is 0 Å². The fraction of sp³-hybridized carbons (Fsp3) is 0.769. The summed E-state index contributed by atoms with van der Waals surface area (Å²) >= 11 is 0. The van der Waals surface area contributed by atoms with E-state index in [-0.39, 0.29) is 6.04 Å². The van der Waals surface area contributed by atoms with E-state index >= 15 is 0 Å². The van der Waals surface area contributed by atoms with Crippen LogP contribution in [0, 0.1) is 0 Å². The fourth-order valence-corrected chi connectivity index (χ4v) is 4.42. The first-order valence-electron chi connectivity index (χ1n) is 7.23. The lowest BCUT2D eigenvalue weighted by Crippen LogP contribution is -2.37. The van der Waals surface area contributed by atoms with Gasteiger partial charge in [-0.05, 0) is 12.8 Å². The summed E-state index contributed by atoms with van der Waals surface area (Å²) in [5.74, 6) is 0. The smallest absolute Gasteiger partial charge is 0.274 e. The third-order valence-electron chi connectivity index (χ3n) is 4.06. The molecule has 2 rings (SSSR count). The second-order valence-electron chi connectivity index (χ2n) is 5.68. The Morgan fingerprint density at radius 2 is 1.77 bits per heavy atom. The lowest BCUT2D eigenvalue weighted by atomic mass is 10.1. The molecule has 0 bridgehead atoms. The van der Waals surface area contributed by atoms with Crippen LogP contribution >= 0.6 is 0 Å². The Hall–Kier alpha value is -1.09. The quantitative estimate of drug-likeness (QED) is 0.796. The second-order valence-corrected chi connectivity index (χ2v) is 7.65. The molecule has 1 saturated carbocycles. The number of alkyl halides is 3. The molecule has 5 nitrogen and oxygen atoms in total. The van der Waals surface area contributed by atoms with E-state index in [1.54, 1.807) is 0 Å². The normalized spacial score (nSPS) is 18.6. The molecule has 0 aliphatic heterocycles. The van der Waals surface area contributed by atoms with Crippen LogP contribution in [0.25, 0.3) is 0 Å². The molecule has 0 spiro atoms. The van der Waals surface area contributed by atoms with Crippen LogP contribution < -0.4 is 0 Å². The third kappa shape index (κ3) is 3.45. The molecule has 1 aromatic heterocycles. The van der Waals surface area contributed by atoms with Crippen molar-refractivity contribution in [2.45, 2.75) is 55.6 Å². The maximum atomic E-state index is 13.0. The maximum absolute atomic E-state index is 13.0. The number of sulfonamides is 1. The summed E-state index contributed by atoms with van der Waals surface area (Å²) in [4.78, 5) is -0.769. The first-order chi connectivity index (χ1) is 10.1. The van der Waals surface area contributed by atoms with E-state index in [9.17, 15) is 21.6 Å². The molecular formula is C13H20F3N3O2S. The van der Waals surface area contributed by atoms with Gasteiger partial charge in [0, 0.05) is 26.3 Å². The first-order valence-corrected chi connectivity index (χ1v) is 8.67. The van der Waals surface area contributed by atoms with Crippen molar-refractivity contribution in [3.63, 3.8) is 0 Å². The molecule has 1 heterocycles. The van der Waals surface area contributed by atoms with Crippen molar-refractivity contribution in [3.05, 3.63) is 11.9 Å². The van der Waals surface area contributed by atoms with Crippen LogP contribution in [0.4, 0.5) is 13.2 Å². The Kier molecular flexibility index (Phi) is 4.86. The van der Waals surface area contributed by atoms with Crippen LogP contribution in [0.15, 0.2) is 11.1 Å². The molecule has 0 radical (unpaired) electrons. The zero-order valence-corrected chi connectivity index (χ0v) is 13.4. The van der Waals surface area contributed by atoms with E-state index in [1.807, 2.05) is 0 Å². The molecule has 0 N–H and O–H groups in total. The van der Waals surface area contributed by atoms with Crippen LogP contribution in [-0.2, 0) is 23.2 Å². The van der Waals surface area contributed by atoms with E-state index in [0.29, 0.717) is 12.8 Å². The third-order valence-corrected chi connectivity index (χ3v) is 5.97. The zero-order chi connectivity index (χ0) is 16.5. The summed E-state index contributed by atoms with van der Waals surface area (Å²) in [6.07, 6.45) is 1.33.